The maximum Gasteiger partial charge on any atom is 0.184 e. The van der Waals surface area contributed by atoms with Gasteiger partial charge in [-0.15, -0.1) is 0 Å². The molecule has 0 saturated heterocycles. The number of Topliss-reactive ketones (excluding diaryl/α,β-unsaturated/α-hetero) is 1. The molecule has 2 nitrogen and oxygen atoms in total. The second-order valence-corrected chi connectivity index (χ2v) is 6.39. The fourth-order valence-corrected chi connectivity index (χ4v) is 2.68. The molecule has 0 fully saturated rings. The average Bonchev–Trinajstić information content (AvgIpc) is 2.85. The number of rotatable bonds is 0. The highest BCUT2D eigenvalue weighted by atomic mass is 16.1. The number of aromatic nitrogens is 1. The van der Waals surface area contributed by atoms with Gasteiger partial charge in [0.1, 0.15) is 0 Å². The van der Waals surface area contributed by atoms with Crippen molar-refractivity contribution in [3.05, 3.63) is 58.9 Å². The minimum atomic E-state index is -0.254. The maximum atomic E-state index is 12.4. The molecule has 2 heteroatoms. The van der Waals surface area contributed by atoms with Gasteiger partial charge in [-0.05, 0) is 37.1 Å². The molecule has 3 rings (SSSR count). The molecule has 0 bridgehead atoms. The third-order valence-electron chi connectivity index (χ3n) is 4.09. The van der Waals surface area contributed by atoms with Gasteiger partial charge in [0.2, 0.25) is 0 Å². The van der Waals surface area contributed by atoms with E-state index in [1.807, 2.05) is 42.8 Å². The van der Waals surface area contributed by atoms with E-state index >= 15 is 0 Å². The smallest absolute Gasteiger partial charge is 0.184 e. The van der Waals surface area contributed by atoms with E-state index in [9.17, 15) is 4.79 Å². The molecular formula is C19H19NO. The summed E-state index contributed by atoms with van der Waals surface area (Å²) in [7, 11) is 0. The van der Waals surface area contributed by atoms with Gasteiger partial charge in [0.15, 0.2) is 5.78 Å². The lowest BCUT2D eigenvalue weighted by atomic mass is 9.81. The molecule has 0 aliphatic carbocycles. The molecule has 1 aliphatic rings. The Morgan fingerprint density at radius 1 is 1.14 bits per heavy atom. The fourth-order valence-electron chi connectivity index (χ4n) is 2.68. The van der Waals surface area contributed by atoms with E-state index in [1.54, 1.807) is 0 Å². The van der Waals surface area contributed by atoms with Crippen molar-refractivity contribution in [2.45, 2.75) is 33.7 Å². The Kier molecular flexibility index (Phi) is 3.22. The first-order valence-electron chi connectivity index (χ1n) is 7.29. The SMILES string of the molecule is Cc1cccc(C#Cc2cc3n(c2)CCC(C)(C)C3=O)c1. The van der Waals surface area contributed by atoms with Gasteiger partial charge in [0, 0.05) is 29.3 Å². The Hall–Kier alpha value is -2.27. The van der Waals surface area contributed by atoms with Gasteiger partial charge in [-0.2, -0.15) is 0 Å². The van der Waals surface area contributed by atoms with Crippen molar-refractivity contribution in [3.63, 3.8) is 0 Å². The molecule has 0 saturated carbocycles. The van der Waals surface area contributed by atoms with Crippen LogP contribution in [0.4, 0.5) is 0 Å². The third kappa shape index (κ3) is 2.64. The van der Waals surface area contributed by atoms with Gasteiger partial charge < -0.3 is 4.57 Å². The second-order valence-electron chi connectivity index (χ2n) is 6.39. The quantitative estimate of drug-likeness (QED) is 0.671. The van der Waals surface area contributed by atoms with Crippen LogP contribution in [0.5, 0.6) is 0 Å². The average molecular weight is 277 g/mol. The molecule has 0 amide bonds. The molecule has 21 heavy (non-hydrogen) atoms. The first-order chi connectivity index (χ1) is 9.95. The number of fused-ring (bicyclic) bond motifs is 1. The molecule has 106 valence electrons. The third-order valence-corrected chi connectivity index (χ3v) is 4.09. The zero-order chi connectivity index (χ0) is 15.0. The summed E-state index contributed by atoms with van der Waals surface area (Å²) in [6.07, 6.45) is 2.88. The second kappa shape index (κ2) is 4.93. The number of carbonyl (C=O) groups excluding carboxylic acids is 1. The first kappa shape index (κ1) is 13.7. The van der Waals surface area contributed by atoms with E-state index in [0.717, 1.165) is 29.8 Å². The topological polar surface area (TPSA) is 22.0 Å². The Labute approximate surface area is 125 Å². The number of hydrogen-bond acceptors (Lipinski definition) is 1. The summed E-state index contributed by atoms with van der Waals surface area (Å²) in [4.78, 5) is 12.4. The molecule has 0 atom stereocenters. The van der Waals surface area contributed by atoms with Crippen molar-refractivity contribution in [1.82, 2.24) is 4.57 Å². The number of benzene rings is 1. The summed E-state index contributed by atoms with van der Waals surface area (Å²) < 4.78 is 2.04. The summed E-state index contributed by atoms with van der Waals surface area (Å²) in [5, 5.41) is 0. The summed E-state index contributed by atoms with van der Waals surface area (Å²) in [6, 6.07) is 10.1. The van der Waals surface area contributed by atoms with Crippen molar-refractivity contribution in [2.24, 2.45) is 5.41 Å². The van der Waals surface area contributed by atoms with E-state index in [2.05, 4.69) is 30.9 Å². The predicted molar refractivity (Wildman–Crippen MR) is 84.3 cm³/mol. The normalized spacial score (nSPS) is 16.0. The zero-order valence-electron chi connectivity index (χ0n) is 12.7. The Balaban J connectivity index is 1.92. The van der Waals surface area contributed by atoms with E-state index in [0.29, 0.717) is 0 Å². The van der Waals surface area contributed by atoms with Crippen LogP contribution in [0.2, 0.25) is 0 Å². The summed E-state index contributed by atoms with van der Waals surface area (Å²) in [5.41, 5.74) is 3.66. The van der Waals surface area contributed by atoms with Gasteiger partial charge >= 0.3 is 0 Å². The Morgan fingerprint density at radius 3 is 2.67 bits per heavy atom. The van der Waals surface area contributed by atoms with Crippen molar-refractivity contribution >= 4 is 5.78 Å². The van der Waals surface area contributed by atoms with Crippen molar-refractivity contribution in [2.75, 3.05) is 0 Å². The van der Waals surface area contributed by atoms with Crippen LogP contribution in [0.3, 0.4) is 0 Å². The first-order valence-corrected chi connectivity index (χ1v) is 7.29. The molecule has 0 radical (unpaired) electrons. The van der Waals surface area contributed by atoms with Gasteiger partial charge in [-0.25, -0.2) is 0 Å². The molecule has 1 aliphatic heterocycles. The maximum absolute atomic E-state index is 12.4. The predicted octanol–water partition coefficient (Wildman–Crippen LogP) is 3.81. The van der Waals surface area contributed by atoms with Crippen LogP contribution in [-0.2, 0) is 6.54 Å². The van der Waals surface area contributed by atoms with Crippen LogP contribution in [0.1, 0.15) is 47.4 Å². The number of hydrogen-bond donors (Lipinski definition) is 0. The molecule has 0 N–H and O–H groups in total. The minimum Gasteiger partial charge on any atom is -0.344 e. The fraction of sp³-hybridized carbons (Fsp3) is 0.316. The van der Waals surface area contributed by atoms with Gasteiger partial charge in [0.05, 0.1) is 5.69 Å². The lowest BCUT2D eigenvalue weighted by Crippen LogP contribution is -2.32. The summed E-state index contributed by atoms with van der Waals surface area (Å²) in [5.74, 6) is 6.56. The number of nitrogens with zero attached hydrogens (tertiary/aromatic N) is 1. The molecule has 0 spiro atoms. The molecule has 1 aromatic carbocycles. The highest BCUT2D eigenvalue weighted by Gasteiger charge is 2.34. The van der Waals surface area contributed by atoms with Crippen LogP contribution in [-0.4, -0.2) is 10.4 Å². The number of carbonyl (C=O) groups is 1. The summed E-state index contributed by atoms with van der Waals surface area (Å²) >= 11 is 0. The van der Waals surface area contributed by atoms with Gasteiger partial charge in [0.25, 0.3) is 0 Å². The Bertz CT molecular complexity index is 768. The van der Waals surface area contributed by atoms with E-state index in [-0.39, 0.29) is 11.2 Å². The van der Waals surface area contributed by atoms with E-state index in [4.69, 9.17) is 0 Å². The Morgan fingerprint density at radius 2 is 1.90 bits per heavy atom. The van der Waals surface area contributed by atoms with Crippen LogP contribution in [0, 0.1) is 24.2 Å². The molecule has 2 aromatic rings. The monoisotopic (exact) mass is 277 g/mol. The lowest BCUT2D eigenvalue weighted by Gasteiger charge is -2.29. The number of aryl methyl sites for hydroxylation is 2. The lowest BCUT2D eigenvalue weighted by molar-refractivity contribution is 0.0779. The molecule has 0 unspecified atom stereocenters. The summed E-state index contributed by atoms with van der Waals surface area (Å²) in [6.45, 7) is 6.98. The van der Waals surface area contributed by atoms with Crippen molar-refractivity contribution in [1.29, 1.82) is 0 Å². The zero-order valence-corrected chi connectivity index (χ0v) is 12.7. The van der Waals surface area contributed by atoms with Gasteiger partial charge in [-0.3, -0.25) is 4.79 Å². The van der Waals surface area contributed by atoms with Crippen LogP contribution >= 0.6 is 0 Å². The van der Waals surface area contributed by atoms with Crippen LogP contribution in [0.25, 0.3) is 0 Å². The van der Waals surface area contributed by atoms with Crippen LogP contribution < -0.4 is 0 Å². The van der Waals surface area contributed by atoms with Crippen molar-refractivity contribution in [3.8, 4) is 11.8 Å². The standard InChI is InChI=1S/C19H19NO/c1-14-5-4-6-15(11-14)7-8-16-12-17-18(21)19(2,3)9-10-20(17)13-16/h4-6,11-13H,9-10H2,1-3H3. The van der Waals surface area contributed by atoms with E-state index in [1.165, 1.54) is 5.56 Å². The highest BCUT2D eigenvalue weighted by molar-refractivity contribution is 5.99. The van der Waals surface area contributed by atoms with Gasteiger partial charge in [-0.1, -0.05) is 37.8 Å². The largest absolute Gasteiger partial charge is 0.344 e. The molecule has 1 aromatic heterocycles. The molecular weight excluding hydrogens is 258 g/mol. The molecule has 2 heterocycles. The van der Waals surface area contributed by atoms with Crippen LogP contribution in [0.15, 0.2) is 36.5 Å². The highest BCUT2D eigenvalue weighted by Crippen LogP contribution is 2.32. The van der Waals surface area contributed by atoms with E-state index < -0.39 is 0 Å². The van der Waals surface area contributed by atoms with Crippen molar-refractivity contribution < 1.29 is 4.79 Å². The number of ketones is 1. The minimum absolute atomic E-state index is 0.220.